The van der Waals surface area contributed by atoms with Crippen molar-refractivity contribution in [2.24, 2.45) is 0 Å². The van der Waals surface area contributed by atoms with Gasteiger partial charge in [0.1, 0.15) is 6.20 Å². The van der Waals surface area contributed by atoms with E-state index in [1.54, 1.807) is 10.7 Å². The average Bonchev–Trinajstić information content (AvgIpc) is 2.58. The molecule has 2 aromatic rings. The monoisotopic (exact) mass is 142 g/mol. The number of hydrogen-bond donors (Lipinski definition) is 0. The molecule has 52 valence electrons. The molecule has 0 unspecified atom stereocenters. The van der Waals surface area contributed by atoms with Crippen LogP contribution in [0.4, 0.5) is 0 Å². The molecule has 1 aromatic heterocycles. The minimum Gasteiger partial charge on any atom is -0.231 e. The first-order valence-electron chi connectivity index (χ1n) is 3.36. The van der Waals surface area contributed by atoms with Crippen LogP contribution in [-0.2, 0) is 0 Å². The summed E-state index contributed by atoms with van der Waals surface area (Å²) in [5.74, 6) is 0. The molecule has 1 heterocycles. The predicted molar refractivity (Wildman–Crippen MR) is 41.2 cm³/mol. The fourth-order valence-corrected chi connectivity index (χ4v) is 0.907. The summed E-state index contributed by atoms with van der Waals surface area (Å²) in [5.41, 5.74) is 1.01. The molecule has 0 saturated heterocycles. The van der Waals surface area contributed by atoms with Crippen molar-refractivity contribution in [2.75, 3.05) is 0 Å². The molecular formula is C9H6N2. The summed E-state index contributed by atoms with van der Waals surface area (Å²) in [5, 5.41) is 3.92. The van der Waals surface area contributed by atoms with Crippen LogP contribution in [0.3, 0.4) is 0 Å². The van der Waals surface area contributed by atoms with E-state index in [0.717, 1.165) is 5.69 Å². The topological polar surface area (TPSA) is 17.8 Å². The summed E-state index contributed by atoms with van der Waals surface area (Å²) in [6, 6.07) is 11.5. The van der Waals surface area contributed by atoms with Gasteiger partial charge in [-0.2, -0.15) is 5.10 Å². The molecule has 2 heteroatoms. The Morgan fingerprint density at radius 1 is 1.18 bits per heavy atom. The molecule has 0 bridgehead atoms. The van der Waals surface area contributed by atoms with E-state index in [0.29, 0.717) is 0 Å². The van der Waals surface area contributed by atoms with Crippen LogP contribution in [0.15, 0.2) is 36.4 Å². The number of nitrogens with zero attached hydrogens (tertiary/aromatic N) is 2. The van der Waals surface area contributed by atoms with E-state index in [-0.39, 0.29) is 0 Å². The lowest BCUT2D eigenvalue weighted by Crippen LogP contribution is -1.92. The Bertz CT molecular complexity index is 311. The van der Waals surface area contributed by atoms with Crippen molar-refractivity contribution < 1.29 is 0 Å². The molecule has 0 amide bonds. The van der Waals surface area contributed by atoms with Gasteiger partial charge < -0.3 is 0 Å². The van der Waals surface area contributed by atoms with Crippen molar-refractivity contribution in [1.82, 2.24) is 9.78 Å². The Morgan fingerprint density at radius 2 is 2.00 bits per heavy atom. The maximum Gasteiger partial charge on any atom is 0.114 e. The summed E-state index contributed by atoms with van der Waals surface area (Å²) >= 11 is 0. The highest BCUT2D eigenvalue weighted by Crippen LogP contribution is 2.02. The molecule has 0 fully saturated rings. The Morgan fingerprint density at radius 3 is 2.64 bits per heavy atom. The van der Waals surface area contributed by atoms with Gasteiger partial charge in [0, 0.05) is 0 Å². The fourth-order valence-electron chi connectivity index (χ4n) is 0.907. The van der Waals surface area contributed by atoms with Gasteiger partial charge in [-0.15, -0.1) is 0 Å². The minimum absolute atomic E-state index is 1.01. The van der Waals surface area contributed by atoms with E-state index in [1.165, 1.54) is 0 Å². The number of para-hydroxylation sites is 1. The summed E-state index contributed by atoms with van der Waals surface area (Å²) in [4.78, 5) is 0. The van der Waals surface area contributed by atoms with Crippen LogP contribution >= 0.6 is 0 Å². The van der Waals surface area contributed by atoms with E-state index in [9.17, 15) is 0 Å². The third-order valence-electron chi connectivity index (χ3n) is 1.41. The van der Waals surface area contributed by atoms with Crippen molar-refractivity contribution in [2.45, 2.75) is 0 Å². The molecule has 0 aliphatic heterocycles. The molecule has 11 heavy (non-hydrogen) atoms. The summed E-state index contributed by atoms with van der Waals surface area (Å²) in [6.07, 6.45) is 5.59. The molecular weight excluding hydrogens is 136 g/mol. The first-order valence-corrected chi connectivity index (χ1v) is 3.36. The van der Waals surface area contributed by atoms with Gasteiger partial charge in [-0.1, -0.05) is 18.2 Å². The maximum atomic E-state index is 3.92. The summed E-state index contributed by atoms with van der Waals surface area (Å²) < 4.78 is 1.65. The SMILES string of the molecule is [c]1c[c]n(-c2ccccc2)n1. The molecule has 0 atom stereocenters. The minimum atomic E-state index is 1.01. The van der Waals surface area contributed by atoms with Crippen molar-refractivity contribution in [3.05, 3.63) is 48.8 Å². The first kappa shape index (κ1) is 6.16. The summed E-state index contributed by atoms with van der Waals surface area (Å²) in [6.45, 7) is 0. The van der Waals surface area contributed by atoms with Gasteiger partial charge in [0.2, 0.25) is 0 Å². The molecule has 0 aliphatic rings. The van der Waals surface area contributed by atoms with Gasteiger partial charge >= 0.3 is 0 Å². The largest absolute Gasteiger partial charge is 0.231 e. The van der Waals surface area contributed by atoms with Crippen LogP contribution < -0.4 is 0 Å². The summed E-state index contributed by atoms with van der Waals surface area (Å²) in [7, 11) is 0. The van der Waals surface area contributed by atoms with E-state index in [1.807, 2.05) is 30.3 Å². The molecule has 2 radical (unpaired) electrons. The van der Waals surface area contributed by atoms with Crippen molar-refractivity contribution in [3.8, 4) is 5.69 Å². The third-order valence-corrected chi connectivity index (χ3v) is 1.41. The normalized spacial score (nSPS) is 9.82. The molecule has 0 saturated carbocycles. The van der Waals surface area contributed by atoms with Gasteiger partial charge in [0.05, 0.1) is 11.9 Å². The molecule has 0 N–H and O–H groups in total. The zero-order valence-corrected chi connectivity index (χ0v) is 5.86. The molecule has 0 aliphatic carbocycles. The number of aromatic nitrogens is 2. The number of hydrogen-bond acceptors (Lipinski definition) is 1. The highest BCUT2D eigenvalue weighted by atomic mass is 15.3. The van der Waals surface area contributed by atoms with Crippen LogP contribution in [0, 0.1) is 12.4 Å². The van der Waals surface area contributed by atoms with E-state index < -0.39 is 0 Å². The van der Waals surface area contributed by atoms with Gasteiger partial charge in [-0.05, 0) is 18.2 Å². The van der Waals surface area contributed by atoms with E-state index in [2.05, 4.69) is 17.5 Å². The Hall–Kier alpha value is -1.57. The lowest BCUT2D eigenvalue weighted by atomic mass is 10.3. The van der Waals surface area contributed by atoms with Crippen LogP contribution in [0.5, 0.6) is 0 Å². The van der Waals surface area contributed by atoms with Gasteiger partial charge in [-0.25, -0.2) is 4.68 Å². The third kappa shape index (κ3) is 1.15. The van der Waals surface area contributed by atoms with E-state index >= 15 is 0 Å². The number of rotatable bonds is 1. The van der Waals surface area contributed by atoms with Gasteiger partial charge in [0.15, 0.2) is 0 Å². The van der Waals surface area contributed by atoms with Crippen molar-refractivity contribution in [3.63, 3.8) is 0 Å². The predicted octanol–water partition coefficient (Wildman–Crippen LogP) is 1.47. The molecule has 0 spiro atoms. The van der Waals surface area contributed by atoms with Crippen LogP contribution in [0.1, 0.15) is 0 Å². The smallest absolute Gasteiger partial charge is 0.114 e. The molecule has 1 aromatic carbocycles. The van der Waals surface area contributed by atoms with Gasteiger partial charge in [0.25, 0.3) is 0 Å². The number of benzene rings is 1. The van der Waals surface area contributed by atoms with Crippen molar-refractivity contribution >= 4 is 0 Å². The fraction of sp³-hybridized carbons (Fsp3) is 0. The molecule has 2 nitrogen and oxygen atoms in total. The highest BCUT2D eigenvalue weighted by molar-refractivity contribution is 5.29. The Balaban J connectivity index is 2.46. The maximum absolute atomic E-state index is 3.92. The van der Waals surface area contributed by atoms with E-state index in [4.69, 9.17) is 0 Å². The lowest BCUT2D eigenvalue weighted by Gasteiger charge is -1.96. The second-order valence-electron chi connectivity index (χ2n) is 2.15. The average molecular weight is 142 g/mol. The first-order chi connectivity index (χ1) is 5.47. The zero-order valence-electron chi connectivity index (χ0n) is 5.86. The lowest BCUT2D eigenvalue weighted by molar-refractivity contribution is 0.871. The van der Waals surface area contributed by atoms with Gasteiger partial charge in [-0.3, -0.25) is 0 Å². The van der Waals surface area contributed by atoms with Crippen LogP contribution in [0.2, 0.25) is 0 Å². The quantitative estimate of drug-likeness (QED) is 0.589. The molecule has 2 rings (SSSR count). The van der Waals surface area contributed by atoms with Crippen LogP contribution in [0.25, 0.3) is 5.69 Å². The second kappa shape index (κ2) is 2.58. The highest BCUT2D eigenvalue weighted by Gasteiger charge is 1.91. The Kier molecular flexibility index (Phi) is 1.44. The van der Waals surface area contributed by atoms with Crippen LogP contribution in [-0.4, -0.2) is 9.78 Å². The Labute approximate surface area is 65.1 Å². The zero-order chi connectivity index (χ0) is 7.52. The standard InChI is InChI=1S/C9H6N2/c1-2-5-9(6-3-1)11-8-4-7-10-11/h1-6H. The van der Waals surface area contributed by atoms with Crippen molar-refractivity contribution in [1.29, 1.82) is 0 Å². The second-order valence-corrected chi connectivity index (χ2v) is 2.15.